The highest BCUT2D eigenvalue weighted by molar-refractivity contribution is 5.84. The second-order valence-electron chi connectivity index (χ2n) is 4.66. The molecular weight excluding hydrogens is 246 g/mol. The molecular formula is C12H19N5O2. The zero-order valence-electron chi connectivity index (χ0n) is 10.9. The number of likely N-dealkylation sites (tertiary alicyclic amines) is 1. The monoisotopic (exact) mass is 265 g/mol. The van der Waals surface area contributed by atoms with Crippen molar-refractivity contribution in [2.75, 3.05) is 19.6 Å². The van der Waals surface area contributed by atoms with E-state index in [9.17, 15) is 9.59 Å². The number of aromatic amines is 1. The van der Waals surface area contributed by atoms with E-state index < -0.39 is 0 Å². The number of rotatable bonds is 5. The molecule has 7 nitrogen and oxygen atoms in total. The Labute approximate surface area is 111 Å². The first-order valence-corrected chi connectivity index (χ1v) is 6.64. The van der Waals surface area contributed by atoms with Gasteiger partial charge in [-0.1, -0.05) is 6.42 Å². The number of H-pyrrole nitrogens is 1. The molecule has 1 aromatic rings. The van der Waals surface area contributed by atoms with Crippen LogP contribution >= 0.6 is 0 Å². The van der Waals surface area contributed by atoms with Gasteiger partial charge in [-0.2, -0.15) is 5.10 Å². The Morgan fingerprint density at radius 1 is 1.42 bits per heavy atom. The molecule has 0 aliphatic carbocycles. The lowest BCUT2D eigenvalue weighted by atomic mass is 10.2. The molecule has 0 atom stereocenters. The third-order valence-electron chi connectivity index (χ3n) is 3.15. The van der Waals surface area contributed by atoms with Gasteiger partial charge in [-0.15, -0.1) is 0 Å². The molecule has 0 bridgehead atoms. The molecule has 0 aromatic carbocycles. The van der Waals surface area contributed by atoms with Crippen LogP contribution in [-0.2, 0) is 16.0 Å². The van der Waals surface area contributed by atoms with Gasteiger partial charge in [0.25, 0.3) is 0 Å². The fourth-order valence-electron chi connectivity index (χ4n) is 2.11. The topological polar surface area (TPSA) is 91.0 Å². The number of hydrogen-bond donors (Lipinski definition) is 2. The summed E-state index contributed by atoms with van der Waals surface area (Å²) in [4.78, 5) is 29.1. The third kappa shape index (κ3) is 4.35. The van der Waals surface area contributed by atoms with Crippen molar-refractivity contribution in [3.63, 3.8) is 0 Å². The van der Waals surface area contributed by atoms with Gasteiger partial charge in [-0.05, 0) is 12.8 Å². The summed E-state index contributed by atoms with van der Waals surface area (Å²) in [6, 6.07) is 0. The van der Waals surface area contributed by atoms with Crippen LogP contribution in [0.25, 0.3) is 0 Å². The van der Waals surface area contributed by atoms with E-state index in [-0.39, 0.29) is 18.4 Å². The summed E-state index contributed by atoms with van der Waals surface area (Å²) < 4.78 is 0. The first kappa shape index (κ1) is 13.5. The third-order valence-corrected chi connectivity index (χ3v) is 3.15. The summed E-state index contributed by atoms with van der Waals surface area (Å²) in [6.07, 6.45) is 5.59. The van der Waals surface area contributed by atoms with Crippen LogP contribution in [0.15, 0.2) is 6.33 Å². The van der Waals surface area contributed by atoms with Gasteiger partial charge in [-0.25, -0.2) is 4.98 Å². The van der Waals surface area contributed by atoms with E-state index in [1.54, 1.807) is 4.90 Å². The van der Waals surface area contributed by atoms with Crippen molar-refractivity contribution in [1.29, 1.82) is 0 Å². The van der Waals surface area contributed by atoms with Crippen LogP contribution in [0.1, 0.15) is 31.5 Å². The normalized spacial score (nSPS) is 16.2. The zero-order valence-corrected chi connectivity index (χ0v) is 10.9. The average Bonchev–Trinajstić information content (AvgIpc) is 2.82. The van der Waals surface area contributed by atoms with Gasteiger partial charge in [0.15, 0.2) is 0 Å². The molecule has 104 valence electrons. The summed E-state index contributed by atoms with van der Waals surface area (Å²) in [5.41, 5.74) is 0. The molecule has 1 saturated heterocycles. The summed E-state index contributed by atoms with van der Waals surface area (Å²) in [5, 5.41) is 9.25. The number of carbonyl (C=O) groups excluding carboxylic acids is 2. The smallest absolute Gasteiger partial charge is 0.239 e. The van der Waals surface area contributed by atoms with Gasteiger partial charge in [0, 0.05) is 25.9 Å². The molecule has 0 spiro atoms. The second-order valence-corrected chi connectivity index (χ2v) is 4.66. The largest absolute Gasteiger partial charge is 0.354 e. The highest BCUT2D eigenvalue weighted by atomic mass is 16.2. The predicted molar refractivity (Wildman–Crippen MR) is 68.1 cm³/mol. The Hall–Kier alpha value is -1.92. The van der Waals surface area contributed by atoms with Crippen LogP contribution < -0.4 is 5.32 Å². The molecule has 7 heteroatoms. The molecule has 2 heterocycles. The van der Waals surface area contributed by atoms with Gasteiger partial charge in [0.2, 0.25) is 11.8 Å². The average molecular weight is 265 g/mol. The highest BCUT2D eigenvalue weighted by Crippen LogP contribution is 2.10. The molecule has 2 amide bonds. The van der Waals surface area contributed by atoms with Crippen molar-refractivity contribution < 1.29 is 9.59 Å². The quantitative estimate of drug-likeness (QED) is 0.775. The van der Waals surface area contributed by atoms with Crippen LogP contribution in [-0.4, -0.2) is 51.5 Å². The number of hydrogen-bond acceptors (Lipinski definition) is 4. The van der Waals surface area contributed by atoms with E-state index in [4.69, 9.17) is 0 Å². The van der Waals surface area contributed by atoms with Crippen molar-refractivity contribution in [1.82, 2.24) is 25.4 Å². The molecule has 1 aliphatic heterocycles. The number of nitrogens with one attached hydrogen (secondary N) is 2. The van der Waals surface area contributed by atoms with Gasteiger partial charge in [-0.3, -0.25) is 14.7 Å². The summed E-state index contributed by atoms with van der Waals surface area (Å²) in [7, 11) is 0. The summed E-state index contributed by atoms with van der Waals surface area (Å²) in [5.74, 6) is 0.712. The maximum absolute atomic E-state index is 11.7. The minimum Gasteiger partial charge on any atom is -0.354 e. The Balaban J connectivity index is 1.69. The molecule has 1 fully saturated rings. The van der Waals surface area contributed by atoms with Gasteiger partial charge in [0.1, 0.15) is 12.2 Å². The van der Waals surface area contributed by atoms with E-state index in [2.05, 4.69) is 20.5 Å². The maximum Gasteiger partial charge on any atom is 0.239 e. The van der Waals surface area contributed by atoms with Crippen LogP contribution in [0.3, 0.4) is 0 Å². The number of nitrogens with zero attached hydrogens (tertiary/aromatic N) is 3. The lowest BCUT2D eigenvalue weighted by Crippen LogP contribution is -2.41. The Bertz CT molecular complexity index is 418. The van der Waals surface area contributed by atoms with E-state index in [0.717, 1.165) is 25.1 Å². The SMILES string of the molecule is O=C(CN1CCCCCC1=O)NCCc1ncn[nH]1. The van der Waals surface area contributed by atoms with Crippen molar-refractivity contribution in [2.45, 2.75) is 32.1 Å². The fourth-order valence-corrected chi connectivity index (χ4v) is 2.11. The van der Waals surface area contributed by atoms with Crippen LogP contribution in [0, 0.1) is 0 Å². The van der Waals surface area contributed by atoms with E-state index in [1.807, 2.05) is 0 Å². The van der Waals surface area contributed by atoms with E-state index in [0.29, 0.717) is 25.9 Å². The number of aromatic nitrogens is 3. The van der Waals surface area contributed by atoms with Gasteiger partial charge < -0.3 is 10.2 Å². The van der Waals surface area contributed by atoms with Crippen molar-refractivity contribution in [3.05, 3.63) is 12.2 Å². The van der Waals surface area contributed by atoms with Crippen molar-refractivity contribution in [3.8, 4) is 0 Å². The van der Waals surface area contributed by atoms with Crippen molar-refractivity contribution >= 4 is 11.8 Å². The van der Waals surface area contributed by atoms with Crippen LogP contribution in [0.5, 0.6) is 0 Å². The van der Waals surface area contributed by atoms with E-state index >= 15 is 0 Å². The highest BCUT2D eigenvalue weighted by Gasteiger charge is 2.18. The summed E-state index contributed by atoms with van der Waals surface area (Å²) in [6.45, 7) is 1.35. The standard InChI is InChI=1S/C12H19N5O2/c18-11(13-6-5-10-14-9-15-16-10)8-17-7-3-1-2-4-12(17)19/h9H,1-8H2,(H,13,18)(H,14,15,16). The first-order valence-electron chi connectivity index (χ1n) is 6.64. The van der Waals surface area contributed by atoms with Gasteiger partial charge >= 0.3 is 0 Å². The molecule has 2 rings (SSSR count). The van der Waals surface area contributed by atoms with Crippen molar-refractivity contribution in [2.24, 2.45) is 0 Å². The molecule has 1 aromatic heterocycles. The van der Waals surface area contributed by atoms with Gasteiger partial charge in [0.05, 0.1) is 6.54 Å². The molecule has 0 saturated carbocycles. The predicted octanol–water partition coefficient (Wildman–Crippen LogP) is -0.134. The molecule has 0 radical (unpaired) electrons. The lowest BCUT2D eigenvalue weighted by Gasteiger charge is -2.19. The second kappa shape index (κ2) is 6.86. The first-order chi connectivity index (χ1) is 9.25. The number of amides is 2. The lowest BCUT2D eigenvalue weighted by molar-refractivity contribution is -0.135. The molecule has 2 N–H and O–H groups in total. The maximum atomic E-state index is 11.7. The Kier molecular flexibility index (Phi) is 4.88. The van der Waals surface area contributed by atoms with Crippen LogP contribution in [0.2, 0.25) is 0 Å². The Morgan fingerprint density at radius 2 is 2.32 bits per heavy atom. The zero-order chi connectivity index (χ0) is 13.5. The Morgan fingerprint density at radius 3 is 3.11 bits per heavy atom. The molecule has 0 unspecified atom stereocenters. The number of carbonyl (C=O) groups is 2. The minimum absolute atomic E-state index is 0.0860. The van der Waals surface area contributed by atoms with E-state index in [1.165, 1.54) is 6.33 Å². The fraction of sp³-hybridized carbons (Fsp3) is 0.667. The molecule has 19 heavy (non-hydrogen) atoms. The molecule has 1 aliphatic rings. The summed E-state index contributed by atoms with van der Waals surface area (Å²) >= 11 is 0. The minimum atomic E-state index is -0.116. The van der Waals surface area contributed by atoms with Crippen LogP contribution in [0.4, 0.5) is 0 Å².